The number of hydrogen-bond donors (Lipinski definition) is 2. The van der Waals surface area contributed by atoms with E-state index in [2.05, 4.69) is 5.32 Å². The van der Waals surface area contributed by atoms with Gasteiger partial charge in [-0.1, -0.05) is 49.4 Å². The number of alkyl halides is 6. The molecule has 1 heterocycles. The quantitative estimate of drug-likeness (QED) is 0.151. The zero-order valence-corrected chi connectivity index (χ0v) is 29.2. The fourth-order valence-corrected chi connectivity index (χ4v) is 6.07. The lowest BCUT2D eigenvalue weighted by Gasteiger charge is -2.38. The number of benzene rings is 4. The van der Waals surface area contributed by atoms with Crippen LogP contribution in [-0.4, -0.2) is 65.6 Å². The summed E-state index contributed by atoms with van der Waals surface area (Å²) in [6, 6.07) is 21.8. The molecule has 0 saturated heterocycles. The highest BCUT2D eigenvalue weighted by Crippen LogP contribution is 2.39. The van der Waals surface area contributed by atoms with E-state index < -0.39 is 59.4 Å². The van der Waals surface area contributed by atoms with E-state index in [1.165, 1.54) is 23.1 Å². The van der Waals surface area contributed by atoms with E-state index in [9.17, 15) is 41.0 Å². The van der Waals surface area contributed by atoms with Crippen molar-refractivity contribution < 1.29 is 50.5 Å². The molecule has 0 radical (unpaired) electrons. The number of aliphatic hydroxyl groups is 1. The number of nitrogens with one attached hydrogen (secondary N) is 1. The van der Waals surface area contributed by atoms with Crippen molar-refractivity contribution in [3.8, 4) is 17.2 Å². The third kappa shape index (κ3) is 9.87. The Kier molecular flexibility index (Phi) is 12.0. The summed E-state index contributed by atoms with van der Waals surface area (Å²) in [5.41, 5.74) is -2.70. The maximum absolute atomic E-state index is 13.8. The molecule has 3 atom stereocenters. The first-order valence-electron chi connectivity index (χ1n) is 16.8. The monoisotopic (exact) mass is 743 g/mol. The summed E-state index contributed by atoms with van der Waals surface area (Å²) < 4.78 is 93.4. The van der Waals surface area contributed by atoms with Crippen LogP contribution in [0.2, 0.25) is 0 Å². The van der Waals surface area contributed by atoms with E-state index >= 15 is 0 Å². The topological polar surface area (TPSA) is 91.3 Å². The number of hydrogen-bond acceptors (Lipinski definition) is 6. The van der Waals surface area contributed by atoms with Gasteiger partial charge in [0.15, 0.2) is 5.75 Å². The Morgan fingerprint density at radius 2 is 1.64 bits per heavy atom. The molecular formula is C39H39F6N3O5. The lowest BCUT2D eigenvalue weighted by Crippen LogP contribution is -2.49. The summed E-state index contributed by atoms with van der Waals surface area (Å²) >= 11 is 0. The molecule has 2 amide bonds. The molecule has 0 bridgehead atoms. The number of halogens is 6. The zero-order valence-electron chi connectivity index (χ0n) is 29.2. The van der Waals surface area contributed by atoms with Crippen LogP contribution in [0.5, 0.6) is 17.2 Å². The van der Waals surface area contributed by atoms with Gasteiger partial charge in [0.2, 0.25) is 5.91 Å². The molecule has 0 aliphatic carbocycles. The molecule has 53 heavy (non-hydrogen) atoms. The third-order valence-corrected chi connectivity index (χ3v) is 8.91. The predicted octanol–water partition coefficient (Wildman–Crippen LogP) is 8.05. The number of amides is 2. The van der Waals surface area contributed by atoms with Crippen molar-refractivity contribution in [3.63, 3.8) is 0 Å². The van der Waals surface area contributed by atoms with Crippen LogP contribution < -0.4 is 14.8 Å². The van der Waals surface area contributed by atoms with Gasteiger partial charge in [-0.15, -0.1) is 0 Å². The number of likely N-dealkylation sites (N-methyl/N-ethyl adjacent to an activating group) is 1. The molecule has 282 valence electrons. The predicted molar refractivity (Wildman–Crippen MR) is 186 cm³/mol. The second-order valence-electron chi connectivity index (χ2n) is 13.2. The standard InChI is InChI=1S/C39H39F6N3O5/c1-24-20-48(25(2)23-49)37(51)31-10-7-11-33(46-35(50)18-27-14-15-28(38(40,41)42)19-32(27)39(43,44)45)36(31)53-34(24)22-47(3)21-26-12-16-30(17-13-26)52-29-8-5-4-6-9-29/h4-17,19,24-25,34,49H,18,20-23H2,1-3H3,(H,46,50)/t24-,25+,34-/m1/s1. The molecule has 5 rings (SSSR count). The van der Waals surface area contributed by atoms with Crippen molar-refractivity contribution >= 4 is 17.5 Å². The summed E-state index contributed by atoms with van der Waals surface area (Å²) in [7, 11) is 1.89. The van der Waals surface area contributed by atoms with Crippen LogP contribution in [0.3, 0.4) is 0 Å². The summed E-state index contributed by atoms with van der Waals surface area (Å²) in [5, 5.41) is 12.5. The Bertz CT molecular complexity index is 1890. The lowest BCUT2D eigenvalue weighted by molar-refractivity contribution is -0.143. The van der Waals surface area contributed by atoms with Crippen LogP contribution in [0.25, 0.3) is 0 Å². The summed E-state index contributed by atoms with van der Waals surface area (Å²) in [4.78, 5) is 30.6. The lowest BCUT2D eigenvalue weighted by atomic mass is 9.98. The second-order valence-corrected chi connectivity index (χ2v) is 13.2. The first-order chi connectivity index (χ1) is 25.0. The van der Waals surface area contributed by atoms with Gasteiger partial charge in [0.1, 0.15) is 17.6 Å². The molecular weight excluding hydrogens is 704 g/mol. The molecule has 14 heteroatoms. The average molecular weight is 744 g/mol. The van der Waals surface area contributed by atoms with Crippen molar-refractivity contribution in [1.29, 1.82) is 0 Å². The normalized spacial score (nSPS) is 17.0. The Morgan fingerprint density at radius 3 is 2.28 bits per heavy atom. The van der Waals surface area contributed by atoms with Crippen molar-refractivity contribution in [1.82, 2.24) is 9.80 Å². The molecule has 0 fully saturated rings. The zero-order chi connectivity index (χ0) is 38.5. The molecule has 1 aliphatic heterocycles. The number of anilines is 1. The van der Waals surface area contributed by atoms with Crippen LogP contribution in [-0.2, 0) is 30.1 Å². The summed E-state index contributed by atoms with van der Waals surface area (Å²) in [6.07, 6.45) is -11.7. The van der Waals surface area contributed by atoms with Gasteiger partial charge >= 0.3 is 12.4 Å². The number of nitrogens with zero attached hydrogens (tertiary/aromatic N) is 2. The van der Waals surface area contributed by atoms with E-state index in [1.807, 2.05) is 73.5 Å². The molecule has 0 saturated carbocycles. The van der Waals surface area contributed by atoms with Crippen molar-refractivity contribution in [2.24, 2.45) is 5.92 Å². The van der Waals surface area contributed by atoms with Crippen LogP contribution in [0.1, 0.15) is 46.5 Å². The first kappa shape index (κ1) is 39.1. The molecule has 0 spiro atoms. The SMILES string of the molecule is C[C@@H]1CN([C@@H](C)CO)C(=O)c2cccc(NC(=O)Cc3ccc(C(F)(F)F)cc3C(F)(F)F)c2O[C@@H]1CN(C)Cc1ccc(Oc2ccccc2)cc1. The molecule has 1 aliphatic rings. The maximum atomic E-state index is 13.8. The van der Waals surface area contributed by atoms with Gasteiger partial charge in [-0.05, 0) is 73.6 Å². The Balaban J connectivity index is 1.38. The van der Waals surface area contributed by atoms with Crippen LogP contribution in [0, 0.1) is 5.92 Å². The minimum Gasteiger partial charge on any atom is -0.486 e. The number of aliphatic hydroxyl groups excluding tert-OH is 1. The van der Waals surface area contributed by atoms with Gasteiger partial charge in [-0.2, -0.15) is 26.3 Å². The van der Waals surface area contributed by atoms with Gasteiger partial charge in [-0.3, -0.25) is 14.5 Å². The summed E-state index contributed by atoms with van der Waals surface area (Å²) in [6.45, 7) is 4.33. The summed E-state index contributed by atoms with van der Waals surface area (Å²) in [5.74, 6) is -0.397. The maximum Gasteiger partial charge on any atom is 0.416 e. The highest BCUT2D eigenvalue weighted by molar-refractivity contribution is 6.02. The van der Waals surface area contributed by atoms with Gasteiger partial charge in [0, 0.05) is 25.6 Å². The number of carbonyl (C=O) groups excluding carboxylic acids is 2. The van der Waals surface area contributed by atoms with Crippen molar-refractivity contribution in [2.45, 2.75) is 51.3 Å². The number of ether oxygens (including phenoxy) is 2. The fraction of sp³-hybridized carbons (Fsp3) is 0.333. The second kappa shape index (κ2) is 16.3. The molecule has 0 unspecified atom stereocenters. The number of rotatable bonds is 11. The Labute approximate surface area is 302 Å². The number of para-hydroxylation sites is 2. The minimum atomic E-state index is -5.16. The molecule has 0 aromatic heterocycles. The number of fused-ring (bicyclic) bond motifs is 1. The Morgan fingerprint density at radius 1 is 0.962 bits per heavy atom. The van der Waals surface area contributed by atoms with Crippen molar-refractivity contribution in [3.05, 3.63) is 119 Å². The first-order valence-corrected chi connectivity index (χ1v) is 16.8. The van der Waals surface area contributed by atoms with Gasteiger partial charge in [0.05, 0.1) is 41.4 Å². The van der Waals surface area contributed by atoms with E-state index in [4.69, 9.17) is 9.47 Å². The average Bonchev–Trinajstić information content (AvgIpc) is 3.10. The van der Waals surface area contributed by atoms with Gasteiger partial charge < -0.3 is 24.8 Å². The Hall–Kier alpha value is -5.08. The van der Waals surface area contributed by atoms with E-state index in [0.717, 1.165) is 5.56 Å². The molecule has 8 nitrogen and oxygen atoms in total. The van der Waals surface area contributed by atoms with Gasteiger partial charge in [0.25, 0.3) is 5.91 Å². The third-order valence-electron chi connectivity index (χ3n) is 8.91. The number of carbonyl (C=O) groups is 2. The van der Waals surface area contributed by atoms with E-state index in [0.29, 0.717) is 36.7 Å². The highest BCUT2D eigenvalue weighted by atomic mass is 19.4. The van der Waals surface area contributed by atoms with Crippen LogP contribution in [0.4, 0.5) is 32.0 Å². The highest BCUT2D eigenvalue weighted by Gasteiger charge is 2.39. The van der Waals surface area contributed by atoms with Crippen LogP contribution in [0.15, 0.2) is 91.0 Å². The van der Waals surface area contributed by atoms with Crippen LogP contribution >= 0.6 is 0 Å². The van der Waals surface area contributed by atoms with E-state index in [1.54, 1.807) is 6.92 Å². The fourth-order valence-electron chi connectivity index (χ4n) is 6.07. The minimum absolute atomic E-state index is 0.00585. The van der Waals surface area contributed by atoms with Crippen molar-refractivity contribution in [2.75, 3.05) is 32.1 Å². The van der Waals surface area contributed by atoms with E-state index in [-0.39, 0.29) is 42.1 Å². The molecule has 2 N–H and O–H groups in total. The van der Waals surface area contributed by atoms with Gasteiger partial charge in [-0.25, -0.2) is 0 Å². The largest absolute Gasteiger partial charge is 0.486 e. The smallest absolute Gasteiger partial charge is 0.416 e. The molecule has 4 aromatic carbocycles. The molecule has 4 aromatic rings.